The Morgan fingerprint density at radius 3 is 2.36 bits per heavy atom. The van der Waals surface area contributed by atoms with Gasteiger partial charge in [0.2, 0.25) is 0 Å². The first-order chi connectivity index (χ1) is 5.07. The summed E-state index contributed by atoms with van der Waals surface area (Å²) in [5.74, 6) is -2.36. The average Bonchev–Trinajstić information content (AvgIpc) is 1.99. The van der Waals surface area contributed by atoms with Crippen LogP contribution in [0.3, 0.4) is 0 Å². The number of aliphatic hydroxyl groups excluding tert-OH is 2. The third-order valence-electron chi connectivity index (χ3n) is 0.557. The zero-order valence-electron chi connectivity index (χ0n) is 5.26. The Morgan fingerprint density at radius 1 is 1.45 bits per heavy atom. The first kappa shape index (κ1) is 10.2. The van der Waals surface area contributed by atoms with Crippen LogP contribution < -0.4 is 0 Å². The third kappa shape index (κ3) is 4.59. The van der Waals surface area contributed by atoms with E-state index in [9.17, 15) is 9.59 Å². The van der Waals surface area contributed by atoms with Crippen molar-refractivity contribution in [2.75, 3.05) is 6.61 Å². The monoisotopic (exact) mass is 182 g/mol. The van der Waals surface area contributed by atoms with Crippen molar-refractivity contribution in [1.29, 1.82) is 0 Å². The SMILES string of the molecule is O=C(CO)OOC(=O)C(O)S. The topological polar surface area (TPSA) is 93.1 Å². The van der Waals surface area contributed by atoms with Crippen LogP contribution in [0.25, 0.3) is 0 Å². The van der Waals surface area contributed by atoms with Gasteiger partial charge < -0.3 is 10.2 Å². The van der Waals surface area contributed by atoms with Gasteiger partial charge in [-0.15, -0.1) is 12.6 Å². The molecule has 0 heterocycles. The lowest BCUT2D eigenvalue weighted by atomic mass is 10.7. The predicted octanol–water partition coefficient (Wildman–Crippen LogP) is -1.77. The van der Waals surface area contributed by atoms with Gasteiger partial charge >= 0.3 is 11.9 Å². The molecule has 0 aromatic heterocycles. The number of thiol groups is 1. The maximum atomic E-state index is 10.3. The van der Waals surface area contributed by atoms with Gasteiger partial charge in [0.15, 0.2) is 5.44 Å². The van der Waals surface area contributed by atoms with Crippen molar-refractivity contribution in [2.45, 2.75) is 5.44 Å². The lowest BCUT2D eigenvalue weighted by Gasteiger charge is -2.01. The largest absolute Gasteiger partial charge is 0.393 e. The summed E-state index contributed by atoms with van der Waals surface area (Å²) in [6, 6.07) is 0. The molecular weight excluding hydrogens is 176 g/mol. The smallest absolute Gasteiger partial charge is 0.384 e. The average molecular weight is 182 g/mol. The fourth-order valence-corrected chi connectivity index (χ4v) is 0.200. The lowest BCUT2D eigenvalue weighted by Crippen LogP contribution is -2.20. The van der Waals surface area contributed by atoms with Crippen molar-refractivity contribution >= 4 is 24.6 Å². The molecule has 0 saturated carbocycles. The maximum absolute atomic E-state index is 10.3. The summed E-state index contributed by atoms with van der Waals surface area (Å²) < 4.78 is 0. The highest BCUT2D eigenvalue weighted by Crippen LogP contribution is 1.93. The molecule has 0 bridgehead atoms. The molecule has 0 aliphatic rings. The van der Waals surface area contributed by atoms with Crippen LogP contribution in [0.4, 0.5) is 0 Å². The summed E-state index contributed by atoms with van der Waals surface area (Å²) in [6.07, 6.45) is 0. The number of hydrogen-bond acceptors (Lipinski definition) is 7. The van der Waals surface area contributed by atoms with E-state index in [0.29, 0.717) is 0 Å². The van der Waals surface area contributed by atoms with Crippen LogP contribution in [0, 0.1) is 0 Å². The van der Waals surface area contributed by atoms with Crippen LogP contribution in [0.15, 0.2) is 0 Å². The van der Waals surface area contributed by atoms with Gasteiger partial charge in [-0.1, -0.05) is 0 Å². The molecule has 0 radical (unpaired) electrons. The van der Waals surface area contributed by atoms with Gasteiger partial charge in [0.1, 0.15) is 6.61 Å². The van der Waals surface area contributed by atoms with Crippen LogP contribution in [-0.4, -0.2) is 34.2 Å². The van der Waals surface area contributed by atoms with E-state index in [1.165, 1.54) is 0 Å². The minimum absolute atomic E-state index is 0.907. The fourth-order valence-electron chi connectivity index (χ4n) is 0.157. The highest BCUT2D eigenvalue weighted by Gasteiger charge is 2.14. The summed E-state index contributed by atoms with van der Waals surface area (Å²) >= 11 is 3.25. The second-order valence-corrected chi connectivity index (χ2v) is 1.88. The summed E-state index contributed by atoms with van der Waals surface area (Å²) in [5.41, 5.74) is -1.67. The van der Waals surface area contributed by atoms with Gasteiger partial charge in [-0.25, -0.2) is 19.4 Å². The van der Waals surface area contributed by atoms with Gasteiger partial charge in [-0.05, 0) is 0 Å². The van der Waals surface area contributed by atoms with E-state index in [2.05, 4.69) is 22.4 Å². The standard InChI is InChI=1S/C4H6O6S/c5-1-2(6)9-10-3(7)4(8)11/h4-5,8,11H,1H2. The highest BCUT2D eigenvalue weighted by atomic mass is 32.1. The Hall–Kier alpha value is -0.790. The first-order valence-corrected chi connectivity index (χ1v) is 2.97. The van der Waals surface area contributed by atoms with Crippen molar-refractivity contribution in [3.63, 3.8) is 0 Å². The van der Waals surface area contributed by atoms with Crippen molar-refractivity contribution in [3.8, 4) is 0 Å². The molecule has 2 N–H and O–H groups in total. The highest BCUT2D eigenvalue weighted by molar-refractivity contribution is 7.81. The lowest BCUT2D eigenvalue weighted by molar-refractivity contribution is -0.263. The van der Waals surface area contributed by atoms with E-state index >= 15 is 0 Å². The summed E-state index contributed by atoms with van der Waals surface area (Å²) in [4.78, 5) is 27.7. The minimum Gasteiger partial charge on any atom is -0.384 e. The fraction of sp³-hybridized carbons (Fsp3) is 0.500. The van der Waals surface area contributed by atoms with E-state index in [0.717, 1.165) is 0 Å². The second kappa shape index (κ2) is 4.94. The number of rotatable bonds is 2. The van der Waals surface area contributed by atoms with E-state index in [1.54, 1.807) is 0 Å². The molecule has 0 aliphatic carbocycles. The molecule has 0 fully saturated rings. The molecule has 1 atom stereocenters. The normalized spacial score (nSPS) is 11.9. The van der Waals surface area contributed by atoms with Crippen molar-refractivity contribution < 1.29 is 29.6 Å². The Balaban J connectivity index is 3.54. The van der Waals surface area contributed by atoms with E-state index < -0.39 is 24.0 Å². The molecule has 1 unspecified atom stereocenters. The zero-order chi connectivity index (χ0) is 8.85. The Morgan fingerprint density at radius 2 is 2.00 bits per heavy atom. The van der Waals surface area contributed by atoms with Crippen molar-refractivity contribution in [2.24, 2.45) is 0 Å². The Kier molecular flexibility index (Phi) is 4.59. The molecular formula is C4H6O6S. The van der Waals surface area contributed by atoms with Crippen LogP contribution in [-0.2, 0) is 19.4 Å². The number of carbonyl (C=O) groups is 2. The molecule has 0 aromatic rings. The molecule has 0 spiro atoms. The van der Waals surface area contributed by atoms with E-state index in [1.807, 2.05) is 0 Å². The Bertz CT molecular complexity index is 155. The van der Waals surface area contributed by atoms with Gasteiger partial charge in [-0.3, -0.25) is 0 Å². The maximum Gasteiger partial charge on any atom is 0.393 e. The van der Waals surface area contributed by atoms with E-state index in [4.69, 9.17) is 10.2 Å². The van der Waals surface area contributed by atoms with E-state index in [-0.39, 0.29) is 0 Å². The van der Waals surface area contributed by atoms with Crippen LogP contribution in [0.2, 0.25) is 0 Å². The molecule has 0 saturated heterocycles. The summed E-state index contributed by atoms with van der Waals surface area (Å²) in [7, 11) is 0. The summed E-state index contributed by atoms with van der Waals surface area (Å²) in [5, 5.41) is 16.4. The minimum atomic E-state index is -1.67. The number of carbonyl (C=O) groups excluding carboxylic acids is 2. The van der Waals surface area contributed by atoms with Gasteiger partial charge in [0.25, 0.3) is 0 Å². The number of hydrogen-bond donors (Lipinski definition) is 3. The molecule has 6 nitrogen and oxygen atoms in total. The van der Waals surface area contributed by atoms with Crippen LogP contribution >= 0.6 is 12.6 Å². The quantitative estimate of drug-likeness (QED) is 0.202. The van der Waals surface area contributed by atoms with Gasteiger partial charge in [-0.2, -0.15) is 0 Å². The van der Waals surface area contributed by atoms with Crippen LogP contribution in [0.5, 0.6) is 0 Å². The van der Waals surface area contributed by atoms with Crippen molar-refractivity contribution in [1.82, 2.24) is 0 Å². The summed E-state index contributed by atoms with van der Waals surface area (Å²) in [6.45, 7) is -0.907. The molecule has 0 aliphatic heterocycles. The number of aliphatic hydroxyl groups is 2. The van der Waals surface area contributed by atoms with Gasteiger partial charge in [0.05, 0.1) is 0 Å². The second-order valence-electron chi connectivity index (χ2n) is 1.39. The Labute approximate surface area is 67.1 Å². The van der Waals surface area contributed by atoms with Crippen LogP contribution in [0.1, 0.15) is 0 Å². The van der Waals surface area contributed by atoms with Gasteiger partial charge in [0, 0.05) is 0 Å². The third-order valence-corrected chi connectivity index (χ3v) is 0.767. The molecule has 0 rings (SSSR count). The first-order valence-electron chi connectivity index (χ1n) is 2.46. The molecule has 64 valence electrons. The molecule has 7 heteroatoms. The molecule has 11 heavy (non-hydrogen) atoms. The molecule has 0 aromatic carbocycles. The zero-order valence-corrected chi connectivity index (χ0v) is 6.15. The predicted molar refractivity (Wildman–Crippen MR) is 34.3 cm³/mol. The van der Waals surface area contributed by atoms with Crippen molar-refractivity contribution in [3.05, 3.63) is 0 Å². The molecule has 0 amide bonds.